The van der Waals surface area contributed by atoms with Crippen molar-refractivity contribution < 1.29 is 0 Å². The Labute approximate surface area is 102 Å². The van der Waals surface area contributed by atoms with Gasteiger partial charge in [-0.25, -0.2) is 0 Å². The zero-order chi connectivity index (χ0) is 10.9. The van der Waals surface area contributed by atoms with Crippen LogP contribution in [0.4, 0.5) is 0 Å². The maximum Gasteiger partial charge on any atom is -0.0110 e. The number of rotatable bonds is 2. The predicted octanol–water partition coefficient (Wildman–Crippen LogP) is 5.39. The molecule has 0 aromatic rings. The lowest BCUT2D eigenvalue weighted by atomic mass is 9.69. The molecule has 6 atom stereocenters. The Bertz CT molecular complexity index is 213. The van der Waals surface area contributed by atoms with Gasteiger partial charge < -0.3 is 0 Å². The summed E-state index contributed by atoms with van der Waals surface area (Å²) in [6.45, 7) is 2.52. The first-order valence-electron chi connectivity index (χ1n) is 6.17. The first-order valence-corrected chi connectivity index (χ1v) is 12.9. The molecule has 0 amide bonds. The molecule has 4 heteroatoms. The van der Waals surface area contributed by atoms with E-state index in [-0.39, 0.29) is 7.30 Å². The topological polar surface area (TPSA) is 0 Å². The van der Waals surface area contributed by atoms with Gasteiger partial charge in [0, 0.05) is 0 Å². The van der Waals surface area contributed by atoms with E-state index in [4.69, 9.17) is 0 Å². The van der Waals surface area contributed by atoms with Crippen molar-refractivity contribution >= 4 is 33.1 Å². The lowest BCUT2D eigenvalue weighted by Gasteiger charge is -2.43. The Kier molecular flexibility index (Phi) is 4.89. The van der Waals surface area contributed by atoms with Crippen molar-refractivity contribution in [3.05, 3.63) is 0 Å². The predicted molar refractivity (Wildman–Crippen MR) is 82.4 cm³/mol. The minimum absolute atomic E-state index is 0.240. The first kappa shape index (κ1) is 13.2. The Hall–Kier alpha value is 1.72. The van der Waals surface area contributed by atoms with E-state index in [0.29, 0.717) is 0 Å². The summed E-state index contributed by atoms with van der Waals surface area (Å²) in [6.07, 6.45) is 10.7. The van der Waals surface area contributed by atoms with Crippen LogP contribution in [-0.4, -0.2) is 5.66 Å². The molecule has 0 aliphatic heterocycles. The van der Waals surface area contributed by atoms with Crippen LogP contribution in [0.15, 0.2) is 0 Å². The van der Waals surface area contributed by atoms with Gasteiger partial charge in [0.2, 0.25) is 0 Å². The fraction of sp³-hybridized carbons (Fsp3) is 1.00. The van der Waals surface area contributed by atoms with Crippen LogP contribution in [0.1, 0.15) is 51.9 Å². The molecule has 2 rings (SSSR count). The van der Waals surface area contributed by atoms with Crippen LogP contribution in [-0.2, 0) is 0 Å². The molecular weight excluding hydrogens is 256 g/mol. The molecule has 0 saturated heterocycles. The van der Waals surface area contributed by atoms with E-state index in [9.17, 15) is 0 Å². The van der Waals surface area contributed by atoms with Crippen molar-refractivity contribution in [2.24, 2.45) is 11.3 Å². The Morgan fingerprint density at radius 1 is 1.27 bits per heavy atom. The molecule has 0 aromatic heterocycles. The number of hydrogen-bond acceptors (Lipinski definition) is 0. The molecule has 0 aromatic carbocycles. The van der Waals surface area contributed by atoms with Crippen LogP contribution in [0.25, 0.3) is 0 Å². The summed E-state index contributed by atoms with van der Waals surface area (Å²) in [5, 5.41) is 0. The second-order valence-corrected chi connectivity index (χ2v) is 15.1. The summed E-state index contributed by atoms with van der Waals surface area (Å²) in [5.74, 6) is 0.994. The summed E-state index contributed by atoms with van der Waals surface area (Å²) in [5.41, 5.74) is 1.85. The molecule has 0 bridgehead atoms. The van der Waals surface area contributed by atoms with Crippen LogP contribution in [0, 0.1) is 11.3 Å². The van der Waals surface area contributed by atoms with E-state index in [1.807, 2.05) is 0 Å². The molecule has 0 N–H and O–H groups in total. The molecule has 2 aliphatic carbocycles. The first-order chi connectivity index (χ1) is 7.17. The van der Waals surface area contributed by atoms with E-state index >= 15 is 0 Å². The van der Waals surface area contributed by atoms with Crippen molar-refractivity contribution in [2.45, 2.75) is 57.5 Å². The van der Waals surface area contributed by atoms with Gasteiger partial charge in [-0.3, -0.25) is 0 Å². The Balaban J connectivity index is 1.96. The molecule has 2 aliphatic rings. The van der Waals surface area contributed by atoms with Crippen molar-refractivity contribution in [1.29, 1.82) is 0 Å². The van der Waals surface area contributed by atoms with Crippen LogP contribution >= 0.6 is 33.1 Å². The lowest BCUT2D eigenvalue weighted by Crippen LogP contribution is -2.31. The molecule has 1 spiro atoms. The van der Waals surface area contributed by atoms with E-state index < -0.39 is 0 Å². The molecule has 0 radical (unpaired) electrons. The molecule has 2 fully saturated rings. The largest absolute Gasteiger partial charge is 0.110 e. The maximum atomic E-state index is 3.15. The van der Waals surface area contributed by atoms with Gasteiger partial charge in [0.25, 0.3) is 0 Å². The highest BCUT2D eigenvalue weighted by atomic mass is 32.6. The van der Waals surface area contributed by atoms with Crippen LogP contribution < -0.4 is 0 Å². The third-order valence-electron chi connectivity index (χ3n) is 4.55. The highest BCUT2D eigenvalue weighted by Crippen LogP contribution is 2.73. The van der Waals surface area contributed by atoms with E-state index in [1.54, 1.807) is 25.7 Å². The normalized spacial score (nSPS) is 37.8. The Morgan fingerprint density at radius 2 is 1.93 bits per heavy atom. The minimum atomic E-state index is 0.240. The van der Waals surface area contributed by atoms with Gasteiger partial charge >= 0.3 is 0 Å². The van der Waals surface area contributed by atoms with Gasteiger partial charge in [-0.1, -0.05) is 35.0 Å². The van der Waals surface area contributed by atoms with Crippen LogP contribution in [0.3, 0.4) is 0 Å². The quantitative estimate of drug-likeness (QED) is 0.595. The molecule has 88 valence electrons. The zero-order valence-corrected chi connectivity index (χ0v) is 13.9. The molecule has 4 unspecified atom stereocenters. The van der Waals surface area contributed by atoms with Crippen molar-refractivity contribution in [2.75, 3.05) is 0 Å². The zero-order valence-electron chi connectivity index (χ0n) is 9.71. The third kappa shape index (κ3) is 2.94. The second-order valence-electron chi connectivity index (χ2n) is 5.53. The fourth-order valence-electron chi connectivity index (χ4n) is 3.75. The molecular formula is C11H24P4. The molecule has 15 heavy (non-hydrogen) atoms. The summed E-state index contributed by atoms with van der Waals surface area (Å²) < 4.78 is 0. The van der Waals surface area contributed by atoms with Gasteiger partial charge in [0.05, 0.1) is 0 Å². The van der Waals surface area contributed by atoms with E-state index in [0.717, 1.165) is 24.9 Å². The SMILES string of the molecule is C[C@H]1CC2(CCCC2)CC[C@@H]1P(P)PP. The lowest BCUT2D eigenvalue weighted by molar-refractivity contribution is 0.157. The van der Waals surface area contributed by atoms with Crippen molar-refractivity contribution in [3.63, 3.8) is 0 Å². The average Bonchev–Trinajstić information content (AvgIpc) is 2.65. The maximum absolute atomic E-state index is 3.15. The highest BCUT2D eigenvalue weighted by Gasteiger charge is 2.41. The summed E-state index contributed by atoms with van der Waals surface area (Å²) in [4.78, 5) is 0. The number of hydrogen-bond donors (Lipinski definition) is 0. The summed E-state index contributed by atoms with van der Waals surface area (Å²) in [6, 6.07) is 0. The Morgan fingerprint density at radius 3 is 2.47 bits per heavy atom. The van der Waals surface area contributed by atoms with Gasteiger partial charge in [0.1, 0.15) is 0 Å². The van der Waals surface area contributed by atoms with Crippen molar-refractivity contribution in [1.82, 2.24) is 0 Å². The fourth-order valence-corrected chi connectivity index (χ4v) is 9.78. The summed E-state index contributed by atoms with van der Waals surface area (Å²) >= 11 is 0. The van der Waals surface area contributed by atoms with E-state index in [1.165, 1.54) is 19.3 Å². The van der Waals surface area contributed by atoms with Gasteiger partial charge in [-0.05, 0) is 49.1 Å². The standard InChI is InChI=1S/C11H24P4/c1-9-8-11(5-2-3-6-11)7-4-10(9)15(13)14-12/h9-10,14H,2-8,12-13H2,1H3/t9-,10-,15?/m0/s1. The van der Waals surface area contributed by atoms with Gasteiger partial charge in [0.15, 0.2) is 0 Å². The van der Waals surface area contributed by atoms with Crippen LogP contribution in [0.5, 0.6) is 0 Å². The van der Waals surface area contributed by atoms with Gasteiger partial charge in [-0.2, -0.15) is 0 Å². The summed E-state index contributed by atoms with van der Waals surface area (Å²) in [7, 11) is 7.45. The van der Waals surface area contributed by atoms with Gasteiger partial charge in [-0.15, -0.1) is 17.9 Å². The molecule has 0 nitrogen and oxygen atoms in total. The third-order valence-corrected chi connectivity index (χ3v) is 16.1. The van der Waals surface area contributed by atoms with Crippen LogP contribution in [0.2, 0.25) is 0 Å². The second kappa shape index (κ2) is 5.57. The average molecular weight is 280 g/mol. The minimum Gasteiger partial charge on any atom is -0.110 e. The monoisotopic (exact) mass is 280 g/mol. The molecule has 0 heterocycles. The highest BCUT2D eigenvalue weighted by molar-refractivity contribution is 8.61. The smallest absolute Gasteiger partial charge is 0.0110 e. The van der Waals surface area contributed by atoms with Crippen molar-refractivity contribution in [3.8, 4) is 0 Å². The van der Waals surface area contributed by atoms with E-state index in [2.05, 4.69) is 24.8 Å². The molecule has 2 saturated carbocycles.